The monoisotopic (exact) mass is 703 g/mol. The van der Waals surface area contributed by atoms with Crippen LogP contribution in [0.1, 0.15) is 63.9 Å². The Labute approximate surface area is 297 Å². The fourth-order valence-corrected chi connectivity index (χ4v) is 8.15. The summed E-state index contributed by atoms with van der Waals surface area (Å²) in [6.45, 7) is 14.5. The van der Waals surface area contributed by atoms with E-state index in [0.29, 0.717) is 60.0 Å². The molecule has 0 spiro atoms. The van der Waals surface area contributed by atoms with Gasteiger partial charge in [0.05, 0.1) is 18.3 Å². The standard InChI is InChI=1S/C38H43Cl2N5O4/c1-7-49-30-16-31(36(2,3)4)41-17-27(30)33-42-37(5,22-8-12-24(39)13-9-22)38(6,23-10-14-25(40)15-11-23)45(33)35(48)44-20-28-29(21-44)32(28)34(47)43-18-26(46)19-43/h8-17,26,28-29,32,46H,7,18-21H2,1-6H3/t28-,29+,32?,37-,38+/m0/s1. The smallest absolute Gasteiger partial charge is 0.326 e. The number of urea groups is 1. The maximum absolute atomic E-state index is 15.2. The Kier molecular flexibility index (Phi) is 8.28. The fraction of sp³-hybridized carbons (Fsp3) is 0.474. The number of hydrogen-bond acceptors (Lipinski definition) is 6. The minimum absolute atomic E-state index is 0.0866. The zero-order valence-electron chi connectivity index (χ0n) is 28.8. The summed E-state index contributed by atoms with van der Waals surface area (Å²) in [5, 5.41) is 10.9. The van der Waals surface area contributed by atoms with Crippen LogP contribution in [0.15, 0.2) is 65.8 Å². The number of hydrogen-bond donors (Lipinski definition) is 1. The van der Waals surface area contributed by atoms with Gasteiger partial charge >= 0.3 is 6.03 Å². The van der Waals surface area contributed by atoms with Crippen LogP contribution in [0.4, 0.5) is 4.79 Å². The topological polar surface area (TPSA) is 98.6 Å². The molecule has 3 aliphatic heterocycles. The van der Waals surface area contributed by atoms with Crippen molar-refractivity contribution in [2.75, 3.05) is 32.8 Å². The predicted molar refractivity (Wildman–Crippen MR) is 190 cm³/mol. The number of β-amino-alcohol motifs (C(OH)–C–C–N with tert-alkyl or cyclic N) is 1. The van der Waals surface area contributed by atoms with Crippen LogP contribution in [0.25, 0.3) is 0 Å². The third kappa shape index (κ3) is 5.49. The second-order valence-corrected chi connectivity index (χ2v) is 16.0. The number of carbonyl (C=O) groups excluding carboxylic acids is 2. The zero-order valence-corrected chi connectivity index (χ0v) is 30.3. The third-order valence-corrected chi connectivity index (χ3v) is 11.5. The van der Waals surface area contributed by atoms with Crippen molar-refractivity contribution in [3.63, 3.8) is 0 Å². The van der Waals surface area contributed by atoms with Crippen LogP contribution in [0.5, 0.6) is 5.75 Å². The van der Waals surface area contributed by atoms with Crippen LogP contribution in [0.3, 0.4) is 0 Å². The van der Waals surface area contributed by atoms with E-state index in [4.69, 9.17) is 37.9 Å². The number of carbonyl (C=O) groups is 2. The molecule has 1 aromatic heterocycles. The molecule has 4 aliphatic rings. The Bertz CT molecular complexity index is 1810. The SMILES string of the molecule is CCOc1cc(C(C)(C)C)ncc1C1=N[C@@](C)(c2ccc(Cl)cc2)[C@@](C)(c2ccc(Cl)cc2)N1C(=O)N1C[C@@H]2C(C(=O)N3CC(O)C3)[C@@H]2C1. The number of benzene rings is 2. The molecule has 3 amide bonds. The molecule has 0 bridgehead atoms. The minimum atomic E-state index is -1.04. The highest BCUT2D eigenvalue weighted by Crippen LogP contribution is 2.57. The lowest BCUT2D eigenvalue weighted by Gasteiger charge is -2.46. The molecule has 11 heteroatoms. The Morgan fingerprint density at radius 1 is 0.918 bits per heavy atom. The molecule has 4 heterocycles. The number of amides is 3. The van der Waals surface area contributed by atoms with Crippen LogP contribution in [0.2, 0.25) is 10.0 Å². The first-order chi connectivity index (χ1) is 23.2. The number of aromatic nitrogens is 1. The molecule has 1 unspecified atom stereocenters. The lowest BCUT2D eigenvalue weighted by molar-refractivity contribution is -0.143. The zero-order chi connectivity index (χ0) is 35.0. The summed E-state index contributed by atoms with van der Waals surface area (Å²) >= 11 is 12.8. The van der Waals surface area contributed by atoms with Crippen molar-refractivity contribution in [1.82, 2.24) is 19.7 Å². The molecule has 49 heavy (non-hydrogen) atoms. The number of rotatable bonds is 6. The van der Waals surface area contributed by atoms with Crippen molar-refractivity contribution in [1.29, 1.82) is 0 Å². The molecule has 258 valence electrons. The summed E-state index contributed by atoms with van der Waals surface area (Å²) in [6, 6.07) is 17.0. The number of nitrogens with zero attached hydrogens (tertiary/aromatic N) is 5. The minimum Gasteiger partial charge on any atom is -0.493 e. The van der Waals surface area contributed by atoms with Crippen molar-refractivity contribution < 1.29 is 19.4 Å². The second kappa shape index (κ2) is 12.0. The number of amidine groups is 1. The number of pyridine rings is 1. The summed E-state index contributed by atoms with van der Waals surface area (Å²) < 4.78 is 6.26. The lowest BCUT2D eigenvalue weighted by Crippen LogP contribution is -2.58. The van der Waals surface area contributed by atoms with E-state index in [1.54, 1.807) is 11.1 Å². The first-order valence-electron chi connectivity index (χ1n) is 17.0. The van der Waals surface area contributed by atoms with Gasteiger partial charge in [-0.2, -0.15) is 0 Å². The molecule has 1 aliphatic carbocycles. The van der Waals surface area contributed by atoms with E-state index in [0.717, 1.165) is 16.8 Å². The van der Waals surface area contributed by atoms with E-state index in [9.17, 15) is 9.90 Å². The van der Waals surface area contributed by atoms with Gasteiger partial charge in [-0.25, -0.2) is 4.79 Å². The van der Waals surface area contributed by atoms with Crippen LogP contribution in [-0.2, 0) is 21.3 Å². The normalized spacial score (nSPS) is 27.9. The number of fused-ring (bicyclic) bond motifs is 1. The average molecular weight is 705 g/mol. The number of piperidine rings is 1. The van der Waals surface area contributed by atoms with Crippen molar-refractivity contribution >= 4 is 41.0 Å². The molecule has 0 radical (unpaired) electrons. The van der Waals surface area contributed by atoms with E-state index in [-0.39, 0.29) is 35.1 Å². The molecule has 1 N–H and O–H groups in total. The number of likely N-dealkylation sites (tertiary alicyclic amines) is 2. The highest BCUT2D eigenvalue weighted by atomic mass is 35.5. The van der Waals surface area contributed by atoms with Crippen molar-refractivity contribution in [2.45, 2.75) is 64.1 Å². The molecule has 5 atom stereocenters. The molecule has 7 rings (SSSR count). The van der Waals surface area contributed by atoms with Crippen LogP contribution >= 0.6 is 23.2 Å². The van der Waals surface area contributed by atoms with E-state index in [1.807, 2.05) is 78.2 Å². The van der Waals surface area contributed by atoms with Gasteiger partial charge in [-0.15, -0.1) is 0 Å². The maximum atomic E-state index is 15.2. The van der Waals surface area contributed by atoms with Crippen molar-refractivity contribution in [3.05, 3.63) is 93.2 Å². The second-order valence-electron chi connectivity index (χ2n) is 15.1. The fourth-order valence-electron chi connectivity index (χ4n) is 7.89. The van der Waals surface area contributed by atoms with Crippen LogP contribution in [0, 0.1) is 17.8 Å². The Morgan fingerprint density at radius 2 is 1.49 bits per heavy atom. The average Bonchev–Trinajstić information content (AvgIpc) is 3.42. The quantitative estimate of drug-likeness (QED) is 0.317. The summed E-state index contributed by atoms with van der Waals surface area (Å²) in [7, 11) is 0. The lowest BCUT2D eigenvalue weighted by atomic mass is 9.71. The molecular weight excluding hydrogens is 661 g/mol. The predicted octanol–water partition coefficient (Wildman–Crippen LogP) is 6.48. The van der Waals surface area contributed by atoms with Gasteiger partial charge in [0.2, 0.25) is 5.91 Å². The highest BCUT2D eigenvalue weighted by Gasteiger charge is 2.65. The number of aliphatic hydroxyl groups excluding tert-OH is 1. The Morgan fingerprint density at radius 3 is 2.02 bits per heavy atom. The van der Waals surface area contributed by atoms with Gasteiger partial charge in [0.25, 0.3) is 0 Å². The van der Waals surface area contributed by atoms with Gasteiger partial charge in [0, 0.05) is 65.5 Å². The molecule has 2 saturated heterocycles. The third-order valence-electron chi connectivity index (χ3n) is 11.0. The number of aliphatic imine (C=N–C) groups is 1. The summed E-state index contributed by atoms with van der Waals surface area (Å²) in [5.41, 5.74) is 0.962. The van der Waals surface area contributed by atoms with E-state index in [1.165, 1.54) is 0 Å². The summed E-state index contributed by atoms with van der Waals surface area (Å²) in [5.74, 6) is 1.22. The number of ether oxygens (including phenoxy) is 1. The molecule has 3 fully saturated rings. The highest BCUT2D eigenvalue weighted by molar-refractivity contribution is 6.30. The number of halogens is 2. The van der Waals surface area contributed by atoms with E-state index in [2.05, 4.69) is 27.7 Å². The van der Waals surface area contributed by atoms with Gasteiger partial charge in [-0.3, -0.25) is 19.7 Å². The van der Waals surface area contributed by atoms with Gasteiger partial charge in [0.1, 0.15) is 22.7 Å². The van der Waals surface area contributed by atoms with Crippen LogP contribution < -0.4 is 4.74 Å². The van der Waals surface area contributed by atoms with Gasteiger partial charge in [-0.05, 0) is 68.0 Å². The van der Waals surface area contributed by atoms with E-state index >= 15 is 4.79 Å². The first kappa shape index (κ1) is 33.8. The largest absolute Gasteiger partial charge is 0.493 e. The van der Waals surface area contributed by atoms with Crippen molar-refractivity contribution in [2.24, 2.45) is 22.7 Å². The molecule has 1 saturated carbocycles. The first-order valence-corrected chi connectivity index (χ1v) is 17.7. The molecule has 9 nitrogen and oxygen atoms in total. The molecule has 3 aromatic rings. The Hall–Kier alpha value is -3.66. The summed E-state index contributed by atoms with van der Waals surface area (Å²) in [4.78, 5) is 44.1. The van der Waals surface area contributed by atoms with Crippen molar-refractivity contribution in [3.8, 4) is 5.75 Å². The summed E-state index contributed by atoms with van der Waals surface area (Å²) in [6.07, 6.45) is 1.33. The van der Waals surface area contributed by atoms with Gasteiger partial charge in [-0.1, -0.05) is 68.2 Å². The Balaban J connectivity index is 1.35. The van der Waals surface area contributed by atoms with Gasteiger partial charge < -0.3 is 19.6 Å². The number of aliphatic hydroxyl groups is 1. The molecular formula is C38H43Cl2N5O4. The molecule has 2 aromatic carbocycles. The van der Waals surface area contributed by atoms with Gasteiger partial charge in [0.15, 0.2) is 0 Å². The van der Waals surface area contributed by atoms with Crippen LogP contribution in [-0.4, -0.2) is 81.5 Å². The maximum Gasteiger partial charge on any atom is 0.326 e. The van der Waals surface area contributed by atoms with E-state index < -0.39 is 17.2 Å².